The van der Waals surface area contributed by atoms with Gasteiger partial charge in [-0.15, -0.1) is 0 Å². The number of hydrogen-bond acceptors (Lipinski definition) is 3. The highest BCUT2D eigenvalue weighted by Crippen LogP contribution is 2.22. The van der Waals surface area contributed by atoms with Gasteiger partial charge in [0.2, 0.25) is 0 Å². The van der Waals surface area contributed by atoms with E-state index < -0.39 is 24.5 Å². The van der Waals surface area contributed by atoms with Crippen molar-refractivity contribution in [3.8, 4) is 0 Å². The molecule has 94 valence electrons. The van der Waals surface area contributed by atoms with Crippen molar-refractivity contribution >= 4 is 46.2 Å². The molecule has 18 heavy (non-hydrogen) atoms. The van der Waals surface area contributed by atoms with E-state index in [1.165, 1.54) is 4.90 Å². The number of benzene rings is 1. The number of imide groups is 1. The summed E-state index contributed by atoms with van der Waals surface area (Å²) in [4.78, 5) is 36.1. The van der Waals surface area contributed by atoms with E-state index in [0.29, 0.717) is 5.69 Å². The molecule has 1 N–H and O–H groups in total. The van der Waals surface area contributed by atoms with Gasteiger partial charge < -0.3 is 5.11 Å². The van der Waals surface area contributed by atoms with Crippen LogP contribution in [0.25, 0.3) is 0 Å². The molecule has 0 aromatic heterocycles. The quantitative estimate of drug-likeness (QED) is 0.648. The van der Waals surface area contributed by atoms with Gasteiger partial charge in [0.25, 0.3) is 5.91 Å². The normalized spacial score (nSPS) is 15.4. The lowest BCUT2D eigenvalue weighted by atomic mass is 10.3. The Bertz CT molecular complexity index is 532. The zero-order chi connectivity index (χ0) is 13.3. The van der Waals surface area contributed by atoms with Crippen LogP contribution < -0.4 is 4.90 Å². The van der Waals surface area contributed by atoms with Gasteiger partial charge in [-0.2, -0.15) is 0 Å². The molecular weight excluding hydrogens is 351 g/mol. The molecule has 1 aliphatic rings. The number of urea groups is 1. The van der Waals surface area contributed by atoms with E-state index in [2.05, 4.69) is 22.6 Å². The minimum atomic E-state index is -1.21. The number of hydrogen-bond donors (Lipinski definition) is 1. The van der Waals surface area contributed by atoms with Crippen molar-refractivity contribution in [3.05, 3.63) is 27.8 Å². The van der Waals surface area contributed by atoms with Crippen molar-refractivity contribution in [2.24, 2.45) is 0 Å². The van der Waals surface area contributed by atoms with Crippen LogP contribution in [0.15, 0.2) is 24.3 Å². The molecule has 0 unspecified atom stereocenters. The van der Waals surface area contributed by atoms with E-state index in [1.54, 1.807) is 18.2 Å². The number of carbonyl (C=O) groups excluding carboxylic acids is 2. The van der Waals surface area contributed by atoms with Crippen LogP contribution in [0.4, 0.5) is 10.5 Å². The number of carboxylic acid groups (broad SMARTS) is 1. The fraction of sp³-hybridized carbons (Fsp3) is 0.182. The first-order valence-electron chi connectivity index (χ1n) is 5.08. The van der Waals surface area contributed by atoms with Crippen LogP contribution in [-0.4, -0.2) is 41.0 Å². The molecule has 0 saturated carbocycles. The Hall–Kier alpha value is -1.64. The minimum Gasteiger partial charge on any atom is -0.480 e. The molecule has 0 spiro atoms. The smallest absolute Gasteiger partial charge is 0.332 e. The van der Waals surface area contributed by atoms with Crippen LogP contribution in [-0.2, 0) is 9.59 Å². The summed E-state index contributed by atoms with van der Waals surface area (Å²) in [6, 6.07) is 6.51. The third-order valence-corrected chi connectivity index (χ3v) is 3.14. The molecule has 2 rings (SSSR count). The summed E-state index contributed by atoms with van der Waals surface area (Å²) in [5, 5.41) is 8.64. The number of nitrogens with zero attached hydrogens (tertiary/aromatic N) is 2. The van der Waals surface area contributed by atoms with E-state index in [0.717, 1.165) is 8.47 Å². The van der Waals surface area contributed by atoms with Gasteiger partial charge >= 0.3 is 12.0 Å². The topological polar surface area (TPSA) is 77.9 Å². The van der Waals surface area contributed by atoms with Gasteiger partial charge in [-0.25, -0.2) is 4.79 Å². The van der Waals surface area contributed by atoms with E-state index in [-0.39, 0.29) is 6.54 Å². The maximum absolute atomic E-state index is 11.9. The summed E-state index contributed by atoms with van der Waals surface area (Å²) in [5.41, 5.74) is 0.591. The predicted octanol–water partition coefficient (Wildman–Crippen LogP) is 1.14. The molecule has 1 heterocycles. The number of aliphatic carboxylic acids is 1. The lowest BCUT2D eigenvalue weighted by Crippen LogP contribution is -2.36. The molecule has 1 aromatic rings. The van der Waals surface area contributed by atoms with Gasteiger partial charge in [0.15, 0.2) is 0 Å². The number of carbonyl (C=O) groups is 3. The van der Waals surface area contributed by atoms with Crippen molar-refractivity contribution in [2.75, 3.05) is 18.0 Å². The maximum atomic E-state index is 11.9. The zero-order valence-corrected chi connectivity index (χ0v) is 11.3. The number of halogens is 1. The van der Waals surface area contributed by atoms with Crippen LogP contribution >= 0.6 is 22.6 Å². The van der Waals surface area contributed by atoms with Crippen LogP contribution in [0.1, 0.15) is 0 Å². The SMILES string of the molecule is O=C(O)CN1C(=O)CN(c2cccc(I)c2)C1=O. The Kier molecular flexibility index (Phi) is 3.50. The van der Waals surface area contributed by atoms with Crippen molar-refractivity contribution in [3.63, 3.8) is 0 Å². The summed E-state index contributed by atoms with van der Waals surface area (Å²) in [6.07, 6.45) is 0. The summed E-state index contributed by atoms with van der Waals surface area (Å²) in [5.74, 6) is -1.71. The molecule has 0 atom stereocenters. The Morgan fingerprint density at radius 2 is 2.11 bits per heavy atom. The average molecular weight is 360 g/mol. The van der Waals surface area contributed by atoms with Gasteiger partial charge in [-0.05, 0) is 40.8 Å². The van der Waals surface area contributed by atoms with Gasteiger partial charge in [-0.3, -0.25) is 19.4 Å². The third-order valence-electron chi connectivity index (χ3n) is 2.47. The highest BCUT2D eigenvalue weighted by Gasteiger charge is 2.37. The van der Waals surface area contributed by atoms with Gasteiger partial charge in [0, 0.05) is 9.26 Å². The summed E-state index contributed by atoms with van der Waals surface area (Å²) in [7, 11) is 0. The molecule has 6 nitrogen and oxygen atoms in total. The van der Waals surface area contributed by atoms with Crippen LogP contribution in [0.5, 0.6) is 0 Å². The summed E-state index contributed by atoms with van der Waals surface area (Å²) in [6.45, 7) is -0.718. The fourth-order valence-electron chi connectivity index (χ4n) is 1.68. The van der Waals surface area contributed by atoms with E-state index in [4.69, 9.17) is 5.11 Å². The molecule has 1 fully saturated rings. The molecule has 0 bridgehead atoms. The van der Waals surface area contributed by atoms with Crippen molar-refractivity contribution in [2.45, 2.75) is 0 Å². The molecule has 3 amide bonds. The molecular formula is C11H9IN2O4. The first-order valence-corrected chi connectivity index (χ1v) is 6.16. The Morgan fingerprint density at radius 3 is 2.72 bits per heavy atom. The van der Waals surface area contributed by atoms with E-state index in [1.807, 2.05) is 6.07 Å². The molecule has 1 saturated heterocycles. The predicted molar refractivity (Wildman–Crippen MR) is 71.2 cm³/mol. The summed E-state index contributed by atoms with van der Waals surface area (Å²) >= 11 is 2.10. The lowest BCUT2D eigenvalue weighted by Gasteiger charge is -2.16. The van der Waals surface area contributed by atoms with Crippen LogP contribution in [0, 0.1) is 3.57 Å². The van der Waals surface area contributed by atoms with Crippen molar-refractivity contribution in [1.29, 1.82) is 0 Å². The van der Waals surface area contributed by atoms with E-state index in [9.17, 15) is 14.4 Å². The summed E-state index contributed by atoms with van der Waals surface area (Å²) < 4.78 is 0.932. The van der Waals surface area contributed by atoms with Gasteiger partial charge in [-0.1, -0.05) is 6.07 Å². The minimum absolute atomic E-state index is 0.119. The molecule has 0 aliphatic carbocycles. The van der Waals surface area contributed by atoms with Gasteiger partial charge in [0.1, 0.15) is 13.1 Å². The number of anilines is 1. The number of amides is 3. The zero-order valence-electron chi connectivity index (χ0n) is 9.17. The van der Waals surface area contributed by atoms with Crippen LogP contribution in [0.3, 0.4) is 0 Å². The van der Waals surface area contributed by atoms with E-state index >= 15 is 0 Å². The molecule has 1 aliphatic heterocycles. The maximum Gasteiger partial charge on any atom is 0.332 e. The highest BCUT2D eigenvalue weighted by molar-refractivity contribution is 14.1. The first kappa shape index (κ1) is 12.8. The monoisotopic (exact) mass is 360 g/mol. The molecule has 1 aromatic carbocycles. The Morgan fingerprint density at radius 1 is 1.39 bits per heavy atom. The third kappa shape index (κ3) is 2.45. The second-order valence-electron chi connectivity index (χ2n) is 3.72. The number of rotatable bonds is 3. The largest absolute Gasteiger partial charge is 0.480 e. The standard InChI is InChI=1S/C11H9IN2O4/c12-7-2-1-3-8(4-7)13-5-9(15)14(11(13)18)6-10(16)17/h1-4H,5-6H2,(H,16,17). The lowest BCUT2D eigenvalue weighted by molar-refractivity contribution is -0.141. The Balaban J connectivity index is 2.25. The second-order valence-corrected chi connectivity index (χ2v) is 4.97. The Labute approximate surface area is 116 Å². The fourth-order valence-corrected chi connectivity index (χ4v) is 2.20. The van der Waals surface area contributed by atoms with Crippen molar-refractivity contribution < 1.29 is 19.5 Å². The average Bonchev–Trinajstić information content (AvgIpc) is 2.56. The van der Waals surface area contributed by atoms with Crippen LogP contribution in [0.2, 0.25) is 0 Å². The van der Waals surface area contributed by atoms with Gasteiger partial charge in [0.05, 0.1) is 0 Å². The molecule has 7 heteroatoms. The number of carboxylic acids is 1. The second kappa shape index (κ2) is 4.92. The molecule has 0 radical (unpaired) electrons. The first-order chi connectivity index (χ1) is 8.49. The van der Waals surface area contributed by atoms with Crippen molar-refractivity contribution in [1.82, 2.24) is 4.90 Å². The highest BCUT2D eigenvalue weighted by atomic mass is 127.